The second-order valence-corrected chi connectivity index (χ2v) is 4.08. The topological polar surface area (TPSA) is 61.1 Å². The van der Waals surface area contributed by atoms with Gasteiger partial charge in [0.05, 0.1) is 23.1 Å². The Morgan fingerprint density at radius 2 is 2.33 bits per heavy atom. The average Bonchev–Trinajstić information content (AvgIpc) is 2.27. The third-order valence-corrected chi connectivity index (χ3v) is 3.19. The van der Waals surface area contributed by atoms with E-state index in [-0.39, 0.29) is 12.4 Å². The number of rotatable bonds is 3. The molecule has 1 rings (SSSR count). The molecule has 0 bridgehead atoms. The molecule has 0 aliphatic heterocycles. The van der Waals surface area contributed by atoms with Crippen LogP contribution in [0.3, 0.4) is 0 Å². The lowest BCUT2D eigenvalue weighted by Gasteiger charge is -2.09. The summed E-state index contributed by atoms with van der Waals surface area (Å²) in [6.07, 6.45) is 0. The molecule has 15 heavy (non-hydrogen) atoms. The minimum atomic E-state index is -0.487. The number of nitriles is 1. The van der Waals surface area contributed by atoms with E-state index >= 15 is 0 Å². The maximum atomic E-state index is 11.2. The summed E-state index contributed by atoms with van der Waals surface area (Å²) in [5.74, 6) is -0.0680. The highest BCUT2D eigenvalue weighted by atomic mass is 79.9. The van der Waals surface area contributed by atoms with Crippen molar-refractivity contribution in [3.63, 3.8) is 0 Å². The highest BCUT2D eigenvalue weighted by molar-refractivity contribution is 9.09. The molecule has 3 nitrogen and oxygen atoms in total. The van der Waals surface area contributed by atoms with Crippen LogP contribution >= 0.6 is 15.9 Å². The molecule has 0 radical (unpaired) electrons. The molecule has 0 spiro atoms. The van der Waals surface area contributed by atoms with Crippen LogP contribution in [0.5, 0.6) is 0 Å². The quantitative estimate of drug-likeness (QED) is 0.853. The molecule has 1 atom stereocenters. The largest absolute Gasteiger partial charge is 0.392 e. The maximum Gasteiger partial charge on any atom is 0.147 e. The smallest absolute Gasteiger partial charge is 0.147 e. The highest BCUT2D eigenvalue weighted by Crippen LogP contribution is 2.27. The van der Waals surface area contributed by atoms with Crippen molar-refractivity contribution in [2.24, 2.45) is 0 Å². The predicted octanol–water partition coefficient (Wildman–Crippen LogP) is 2.08. The molecule has 1 unspecified atom stereocenters. The fraction of sp³-hybridized carbons (Fsp3) is 0.273. The summed E-state index contributed by atoms with van der Waals surface area (Å²) in [5.41, 5.74) is 1.75. The number of aliphatic hydroxyl groups excluding tert-OH is 1. The van der Waals surface area contributed by atoms with Gasteiger partial charge in [0, 0.05) is 0 Å². The number of Topliss-reactive ketones (excluding diaryl/α,β-unsaturated/α-hetero) is 1. The van der Waals surface area contributed by atoms with Gasteiger partial charge in [0.2, 0.25) is 0 Å². The van der Waals surface area contributed by atoms with E-state index in [4.69, 9.17) is 10.4 Å². The van der Waals surface area contributed by atoms with Gasteiger partial charge in [-0.3, -0.25) is 4.79 Å². The molecule has 4 heteroatoms. The number of carbonyl (C=O) groups is 1. The van der Waals surface area contributed by atoms with Crippen LogP contribution in [0.15, 0.2) is 18.2 Å². The lowest BCUT2D eigenvalue weighted by atomic mass is 10.0. The second-order valence-electron chi connectivity index (χ2n) is 3.16. The van der Waals surface area contributed by atoms with Crippen molar-refractivity contribution in [1.82, 2.24) is 0 Å². The van der Waals surface area contributed by atoms with Gasteiger partial charge in [0.1, 0.15) is 5.78 Å². The Balaban J connectivity index is 3.24. The third kappa shape index (κ3) is 2.65. The van der Waals surface area contributed by atoms with E-state index in [9.17, 15) is 4.79 Å². The first kappa shape index (κ1) is 11.9. The van der Waals surface area contributed by atoms with Crippen LogP contribution in [0.4, 0.5) is 0 Å². The monoisotopic (exact) mass is 267 g/mol. The van der Waals surface area contributed by atoms with E-state index in [1.807, 2.05) is 6.07 Å². The fourth-order valence-electron chi connectivity index (χ4n) is 1.24. The highest BCUT2D eigenvalue weighted by Gasteiger charge is 2.16. The van der Waals surface area contributed by atoms with Gasteiger partial charge < -0.3 is 5.11 Å². The summed E-state index contributed by atoms with van der Waals surface area (Å²) in [4.78, 5) is 10.7. The first-order valence-corrected chi connectivity index (χ1v) is 5.30. The van der Waals surface area contributed by atoms with E-state index in [1.54, 1.807) is 18.2 Å². The van der Waals surface area contributed by atoms with Crippen LogP contribution < -0.4 is 0 Å². The molecular formula is C11H10BrNO2. The zero-order chi connectivity index (χ0) is 11.4. The van der Waals surface area contributed by atoms with E-state index in [0.29, 0.717) is 16.7 Å². The lowest BCUT2D eigenvalue weighted by molar-refractivity contribution is -0.116. The van der Waals surface area contributed by atoms with Crippen molar-refractivity contribution >= 4 is 21.7 Å². The molecule has 0 heterocycles. The molecule has 0 saturated carbocycles. The summed E-state index contributed by atoms with van der Waals surface area (Å²) >= 11 is 3.22. The Hall–Kier alpha value is -1.18. The normalized spacial score (nSPS) is 11.9. The SMILES string of the molecule is CC(=O)C(Br)c1cc(CO)ccc1C#N. The van der Waals surface area contributed by atoms with Gasteiger partial charge in [0.25, 0.3) is 0 Å². The molecular weight excluding hydrogens is 258 g/mol. The number of aliphatic hydroxyl groups is 1. The summed E-state index contributed by atoms with van der Waals surface area (Å²) < 4.78 is 0. The Morgan fingerprint density at radius 3 is 2.80 bits per heavy atom. The number of hydrogen-bond acceptors (Lipinski definition) is 3. The lowest BCUT2D eigenvalue weighted by Crippen LogP contribution is -2.04. The molecule has 0 aliphatic rings. The summed E-state index contributed by atoms with van der Waals surface area (Å²) in [7, 11) is 0. The summed E-state index contributed by atoms with van der Waals surface area (Å²) in [5, 5.41) is 17.8. The first-order chi connectivity index (χ1) is 7.10. The number of hydrogen-bond donors (Lipinski definition) is 1. The van der Waals surface area contributed by atoms with Crippen LogP contribution in [-0.4, -0.2) is 10.9 Å². The second kappa shape index (κ2) is 5.06. The molecule has 0 fully saturated rings. The van der Waals surface area contributed by atoms with E-state index in [0.717, 1.165) is 0 Å². The molecule has 0 aliphatic carbocycles. The van der Waals surface area contributed by atoms with Gasteiger partial charge in [-0.25, -0.2) is 0 Å². The maximum absolute atomic E-state index is 11.2. The van der Waals surface area contributed by atoms with Crippen molar-refractivity contribution in [1.29, 1.82) is 5.26 Å². The predicted molar refractivity (Wildman–Crippen MR) is 59.4 cm³/mol. The van der Waals surface area contributed by atoms with E-state index < -0.39 is 4.83 Å². The third-order valence-electron chi connectivity index (χ3n) is 2.05. The van der Waals surface area contributed by atoms with Crippen molar-refractivity contribution in [2.75, 3.05) is 0 Å². The molecule has 0 amide bonds. The molecule has 0 aromatic heterocycles. The Kier molecular flexibility index (Phi) is 4.01. The Morgan fingerprint density at radius 1 is 1.67 bits per heavy atom. The summed E-state index contributed by atoms with van der Waals surface area (Å²) in [6.45, 7) is 1.35. The Labute approximate surface area is 96.5 Å². The number of halogens is 1. The minimum Gasteiger partial charge on any atom is -0.392 e. The van der Waals surface area contributed by atoms with E-state index in [2.05, 4.69) is 15.9 Å². The zero-order valence-electron chi connectivity index (χ0n) is 8.20. The van der Waals surface area contributed by atoms with Crippen LogP contribution in [0, 0.1) is 11.3 Å². The van der Waals surface area contributed by atoms with Crippen molar-refractivity contribution in [3.05, 3.63) is 34.9 Å². The summed E-state index contributed by atoms with van der Waals surface area (Å²) in [6, 6.07) is 6.96. The van der Waals surface area contributed by atoms with Gasteiger partial charge in [-0.1, -0.05) is 28.1 Å². The van der Waals surface area contributed by atoms with Gasteiger partial charge in [-0.2, -0.15) is 5.26 Å². The number of ketones is 1. The van der Waals surface area contributed by atoms with Crippen LogP contribution in [0.2, 0.25) is 0 Å². The number of benzene rings is 1. The molecule has 0 saturated heterocycles. The number of alkyl halides is 1. The van der Waals surface area contributed by atoms with Crippen molar-refractivity contribution in [2.45, 2.75) is 18.4 Å². The molecule has 1 aromatic rings. The van der Waals surface area contributed by atoms with Crippen LogP contribution in [-0.2, 0) is 11.4 Å². The standard InChI is InChI=1S/C11H10BrNO2/c1-7(15)11(12)10-4-8(6-14)2-3-9(10)5-13/h2-4,11,14H,6H2,1H3. The minimum absolute atomic E-state index is 0.0680. The molecule has 78 valence electrons. The van der Waals surface area contributed by atoms with Crippen LogP contribution in [0.1, 0.15) is 28.4 Å². The van der Waals surface area contributed by atoms with Crippen LogP contribution in [0.25, 0.3) is 0 Å². The van der Waals surface area contributed by atoms with E-state index in [1.165, 1.54) is 6.92 Å². The van der Waals surface area contributed by atoms with Gasteiger partial charge in [-0.05, 0) is 24.1 Å². The van der Waals surface area contributed by atoms with Gasteiger partial charge in [0.15, 0.2) is 0 Å². The average molecular weight is 268 g/mol. The van der Waals surface area contributed by atoms with Gasteiger partial charge in [-0.15, -0.1) is 0 Å². The Bertz CT molecular complexity index is 423. The number of carbonyl (C=O) groups excluding carboxylic acids is 1. The molecule has 1 N–H and O–H groups in total. The van der Waals surface area contributed by atoms with Gasteiger partial charge >= 0.3 is 0 Å². The zero-order valence-corrected chi connectivity index (χ0v) is 9.78. The van der Waals surface area contributed by atoms with Crippen molar-refractivity contribution < 1.29 is 9.90 Å². The van der Waals surface area contributed by atoms with Crippen molar-refractivity contribution in [3.8, 4) is 6.07 Å². The first-order valence-electron chi connectivity index (χ1n) is 4.38. The molecule has 1 aromatic carbocycles. The number of nitrogens with zero attached hydrogens (tertiary/aromatic N) is 1. The fourth-order valence-corrected chi connectivity index (χ4v) is 1.62.